The number of thiazole rings is 1. The molecule has 0 aliphatic heterocycles. The lowest BCUT2D eigenvalue weighted by atomic mass is 10.3. The molecule has 0 fully saturated rings. The fourth-order valence-corrected chi connectivity index (χ4v) is 3.05. The van der Waals surface area contributed by atoms with Crippen molar-refractivity contribution in [3.8, 4) is 5.75 Å². The molecule has 0 aliphatic carbocycles. The van der Waals surface area contributed by atoms with Gasteiger partial charge < -0.3 is 25.1 Å². The van der Waals surface area contributed by atoms with Gasteiger partial charge in [-0.2, -0.15) is 0 Å². The molecule has 28 heavy (non-hydrogen) atoms. The first-order valence-electron chi connectivity index (χ1n) is 8.52. The van der Waals surface area contributed by atoms with Crippen LogP contribution in [0.15, 0.2) is 52.5 Å². The van der Waals surface area contributed by atoms with Crippen LogP contribution in [0.3, 0.4) is 0 Å². The Morgan fingerprint density at radius 2 is 2.14 bits per heavy atom. The second-order valence-electron chi connectivity index (χ2n) is 5.89. The Bertz CT molecular complexity index is 939. The molecule has 3 N–H and O–H groups in total. The van der Waals surface area contributed by atoms with E-state index in [-0.39, 0.29) is 18.1 Å². The molecule has 0 saturated heterocycles. The van der Waals surface area contributed by atoms with E-state index in [0.29, 0.717) is 16.6 Å². The first kappa shape index (κ1) is 19.4. The number of carbonyl (C=O) groups excluding carboxylic acids is 2. The highest BCUT2D eigenvalue weighted by Crippen LogP contribution is 2.23. The number of hydrogen-bond acceptors (Lipinski definition) is 7. The third-order valence-electron chi connectivity index (χ3n) is 3.82. The second-order valence-corrected chi connectivity index (χ2v) is 6.75. The molecule has 9 heteroatoms. The smallest absolute Gasteiger partial charge is 0.271 e. The van der Waals surface area contributed by atoms with E-state index in [4.69, 9.17) is 9.15 Å². The molecule has 3 aromatic rings. The van der Waals surface area contributed by atoms with Gasteiger partial charge in [0.1, 0.15) is 23.2 Å². The maximum Gasteiger partial charge on any atom is 0.271 e. The highest BCUT2D eigenvalue weighted by atomic mass is 32.1. The normalized spacial score (nSPS) is 11.5. The standard InChI is InChI=1S/C19H20N4O4S/c1-12(17(24)20-10-15-7-4-8-27-15)21-18(25)16-11-28-19(23-16)22-13-5-3-6-14(9-13)26-2/h3-9,11-12H,10H2,1-2H3,(H,20,24)(H,21,25)(H,22,23). The summed E-state index contributed by atoms with van der Waals surface area (Å²) >= 11 is 1.29. The summed E-state index contributed by atoms with van der Waals surface area (Å²) in [6.07, 6.45) is 1.53. The molecule has 0 bridgehead atoms. The molecule has 0 saturated carbocycles. The van der Waals surface area contributed by atoms with E-state index in [0.717, 1.165) is 5.69 Å². The maximum absolute atomic E-state index is 12.3. The monoisotopic (exact) mass is 400 g/mol. The van der Waals surface area contributed by atoms with Crippen LogP contribution < -0.4 is 20.7 Å². The average Bonchev–Trinajstić information content (AvgIpc) is 3.38. The van der Waals surface area contributed by atoms with E-state index in [2.05, 4.69) is 20.9 Å². The van der Waals surface area contributed by atoms with Crippen molar-refractivity contribution in [3.63, 3.8) is 0 Å². The van der Waals surface area contributed by atoms with Gasteiger partial charge >= 0.3 is 0 Å². The number of aromatic nitrogens is 1. The van der Waals surface area contributed by atoms with E-state index < -0.39 is 11.9 Å². The van der Waals surface area contributed by atoms with Crippen molar-refractivity contribution in [1.29, 1.82) is 0 Å². The fourth-order valence-electron chi connectivity index (χ4n) is 2.34. The number of benzene rings is 1. The Labute approximate surface area is 165 Å². The molecule has 1 aromatic carbocycles. The largest absolute Gasteiger partial charge is 0.497 e. The molecule has 2 aromatic heterocycles. The van der Waals surface area contributed by atoms with Crippen molar-refractivity contribution in [2.24, 2.45) is 0 Å². The van der Waals surface area contributed by atoms with E-state index >= 15 is 0 Å². The van der Waals surface area contributed by atoms with Crippen molar-refractivity contribution in [2.45, 2.75) is 19.5 Å². The van der Waals surface area contributed by atoms with Crippen LogP contribution in [-0.4, -0.2) is 29.9 Å². The number of rotatable bonds is 8. The minimum atomic E-state index is -0.709. The van der Waals surface area contributed by atoms with Gasteiger partial charge in [-0.15, -0.1) is 11.3 Å². The topological polar surface area (TPSA) is 105 Å². The van der Waals surface area contributed by atoms with Crippen LogP contribution in [0.2, 0.25) is 0 Å². The molecule has 8 nitrogen and oxygen atoms in total. The summed E-state index contributed by atoms with van der Waals surface area (Å²) in [7, 11) is 1.59. The SMILES string of the molecule is COc1cccc(Nc2nc(C(=O)NC(C)C(=O)NCc3ccco3)cs2)c1. The Morgan fingerprint density at radius 3 is 2.89 bits per heavy atom. The van der Waals surface area contributed by atoms with Crippen molar-refractivity contribution >= 4 is 34.0 Å². The van der Waals surface area contributed by atoms with Gasteiger partial charge in [-0.3, -0.25) is 9.59 Å². The van der Waals surface area contributed by atoms with Crippen molar-refractivity contribution in [1.82, 2.24) is 15.6 Å². The zero-order valence-electron chi connectivity index (χ0n) is 15.4. The third-order valence-corrected chi connectivity index (χ3v) is 4.57. The zero-order valence-corrected chi connectivity index (χ0v) is 16.2. The molecule has 146 valence electrons. The van der Waals surface area contributed by atoms with Gasteiger partial charge in [-0.1, -0.05) is 6.07 Å². The number of nitrogens with zero attached hydrogens (tertiary/aromatic N) is 1. The van der Waals surface area contributed by atoms with Crippen LogP contribution in [0.5, 0.6) is 5.75 Å². The Kier molecular flexibility index (Phi) is 6.28. The predicted octanol–water partition coefficient (Wildman–Crippen LogP) is 2.92. The Balaban J connectivity index is 1.53. The van der Waals surface area contributed by atoms with E-state index in [1.807, 2.05) is 24.3 Å². The number of ether oxygens (including phenoxy) is 1. The lowest BCUT2D eigenvalue weighted by Gasteiger charge is -2.12. The maximum atomic E-state index is 12.3. The molecule has 2 heterocycles. The Hall–Kier alpha value is -3.33. The van der Waals surface area contributed by atoms with Gasteiger partial charge in [0.25, 0.3) is 5.91 Å². The number of anilines is 2. The third kappa shape index (κ3) is 5.10. The number of hydrogen-bond donors (Lipinski definition) is 3. The zero-order chi connectivity index (χ0) is 19.9. The van der Waals surface area contributed by atoms with Crippen molar-refractivity contribution in [2.75, 3.05) is 12.4 Å². The van der Waals surface area contributed by atoms with Gasteiger partial charge in [-0.25, -0.2) is 4.98 Å². The first-order chi connectivity index (χ1) is 13.5. The van der Waals surface area contributed by atoms with Crippen LogP contribution in [0, 0.1) is 0 Å². The minimum Gasteiger partial charge on any atom is -0.497 e. The Morgan fingerprint density at radius 1 is 1.29 bits per heavy atom. The van der Waals surface area contributed by atoms with Gasteiger partial charge in [0.15, 0.2) is 5.13 Å². The fraction of sp³-hybridized carbons (Fsp3) is 0.211. The van der Waals surface area contributed by atoms with E-state index in [1.165, 1.54) is 17.6 Å². The van der Waals surface area contributed by atoms with Crippen LogP contribution in [0.4, 0.5) is 10.8 Å². The number of nitrogens with one attached hydrogen (secondary N) is 3. The van der Waals surface area contributed by atoms with Gasteiger partial charge in [0.2, 0.25) is 5.91 Å². The number of amides is 2. The summed E-state index contributed by atoms with van der Waals surface area (Å²) in [5.74, 6) is 0.624. The number of carbonyl (C=O) groups is 2. The first-order valence-corrected chi connectivity index (χ1v) is 9.40. The van der Waals surface area contributed by atoms with Crippen molar-refractivity contribution in [3.05, 3.63) is 59.5 Å². The molecular weight excluding hydrogens is 380 g/mol. The molecular formula is C19H20N4O4S. The summed E-state index contributed by atoms with van der Waals surface area (Å²) in [5, 5.41) is 10.7. The number of furan rings is 1. The molecule has 1 unspecified atom stereocenters. The number of methoxy groups -OCH3 is 1. The molecule has 2 amide bonds. The van der Waals surface area contributed by atoms with E-state index in [9.17, 15) is 9.59 Å². The molecule has 0 aliphatic rings. The quantitative estimate of drug-likeness (QED) is 0.537. The van der Waals surface area contributed by atoms with Gasteiger partial charge in [-0.05, 0) is 31.2 Å². The predicted molar refractivity (Wildman–Crippen MR) is 106 cm³/mol. The summed E-state index contributed by atoms with van der Waals surface area (Å²) in [5.41, 5.74) is 1.03. The van der Waals surface area contributed by atoms with Crippen molar-refractivity contribution < 1.29 is 18.7 Å². The molecule has 0 radical (unpaired) electrons. The van der Waals surface area contributed by atoms with E-state index in [1.54, 1.807) is 31.5 Å². The average molecular weight is 400 g/mol. The summed E-state index contributed by atoms with van der Waals surface area (Å²) < 4.78 is 10.3. The summed E-state index contributed by atoms with van der Waals surface area (Å²) in [6.45, 7) is 1.87. The molecule has 1 atom stereocenters. The lowest BCUT2D eigenvalue weighted by Crippen LogP contribution is -2.44. The lowest BCUT2D eigenvalue weighted by molar-refractivity contribution is -0.122. The summed E-state index contributed by atoms with van der Waals surface area (Å²) in [6, 6.07) is 10.2. The summed E-state index contributed by atoms with van der Waals surface area (Å²) in [4.78, 5) is 28.7. The highest BCUT2D eigenvalue weighted by molar-refractivity contribution is 7.14. The van der Waals surface area contributed by atoms with Gasteiger partial charge in [0, 0.05) is 17.1 Å². The highest BCUT2D eigenvalue weighted by Gasteiger charge is 2.18. The van der Waals surface area contributed by atoms with Crippen LogP contribution >= 0.6 is 11.3 Å². The van der Waals surface area contributed by atoms with Crippen LogP contribution in [0.1, 0.15) is 23.2 Å². The van der Waals surface area contributed by atoms with Gasteiger partial charge in [0.05, 0.1) is 19.9 Å². The van der Waals surface area contributed by atoms with Crippen LogP contribution in [0.25, 0.3) is 0 Å². The van der Waals surface area contributed by atoms with Crippen LogP contribution in [-0.2, 0) is 11.3 Å². The molecule has 0 spiro atoms. The minimum absolute atomic E-state index is 0.237. The second kappa shape index (κ2) is 9.05. The molecule has 3 rings (SSSR count).